The summed E-state index contributed by atoms with van der Waals surface area (Å²) < 4.78 is 13.8. The second kappa shape index (κ2) is 13.9. The molecule has 0 fully saturated rings. The lowest BCUT2D eigenvalue weighted by Gasteiger charge is -2.28. The number of halogens is 4. The van der Waals surface area contributed by atoms with Crippen LogP contribution in [0.4, 0.5) is 0 Å². The van der Waals surface area contributed by atoms with Crippen molar-refractivity contribution in [3.8, 4) is 11.5 Å². The molecule has 0 unspecified atom stereocenters. The van der Waals surface area contributed by atoms with E-state index in [1.807, 2.05) is 84.9 Å². The molecule has 0 spiro atoms. The number of hydrogen-bond acceptors (Lipinski definition) is 4. The molecule has 0 aliphatic rings. The SMILES string of the molecule is CC(C)(c1cc(Br)c(OC(=O)/C=C/c2ccccc2)c(Br)c1)c1cc(Br)c(OC(=O)/C=C/c2ccccc2)c(Br)c1. The zero-order valence-electron chi connectivity index (χ0n) is 22.0. The van der Waals surface area contributed by atoms with E-state index in [0.29, 0.717) is 29.4 Å². The number of benzene rings is 4. The highest BCUT2D eigenvalue weighted by Crippen LogP contribution is 2.44. The Hall–Kier alpha value is -2.78. The summed E-state index contributed by atoms with van der Waals surface area (Å²) in [5, 5.41) is 0. The molecule has 0 atom stereocenters. The second-order valence-electron chi connectivity index (χ2n) is 9.49. The predicted octanol–water partition coefficient (Wildman–Crippen LogP) is 10.3. The van der Waals surface area contributed by atoms with Crippen molar-refractivity contribution in [3.05, 3.63) is 137 Å². The quantitative estimate of drug-likeness (QED) is 0.101. The maximum absolute atomic E-state index is 12.5. The second-order valence-corrected chi connectivity index (χ2v) is 12.9. The summed E-state index contributed by atoms with van der Waals surface area (Å²) in [5.41, 5.74) is 3.26. The van der Waals surface area contributed by atoms with Crippen molar-refractivity contribution in [1.82, 2.24) is 0 Å². The fourth-order valence-corrected chi connectivity index (χ4v) is 6.63. The molecule has 0 amide bonds. The molecule has 41 heavy (non-hydrogen) atoms. The highest BCUT2D eigenvalue weighted by Gasteiger charge is 2.28. The molecule has 4 rings (SSSR count). The largest absolute Gasteiger partial charge is 0.421 e. The molecule has 4 nitrogen and oxygen atoms in total. The van der Waals surface area contributed by atoms with Gasteiger partial charge in [0.1, 0.15) is 0 Å². The molecular weight excluding hydrogens is 780 g/mol. The number of esters is 2. The average molecular weight is 804 g/mol. The van der Waals surface area contributed by atoms with Crippen LogP contribution >= 0.6 is 63.7 Å². The van der Waals surface area contributed by atoms with Gasteiger partial charge in [-0.15, -0.1) is 0 Å². The lowest BCUT2D eigenvalue weighted by Crippen LogP contribution is -2.20. The van der Waals surface area contributed by atoms with Crippen molar-refractivity contribution in [3.63, 3.8) is 0 Å². The lowest BCUT2D eigenvalue weighted by atomic mass is 9.78. The van der Waals surface area contributed by atoms with Crippen molar-refractivity contribution < 1.29 is 19.1 Å². The lowest BCUT2D eigenvalue weighted by molar-refractivity contribution is -0.129. The number of hydrogen-bond donors (Lipinski definition) is 0. The highest BCUT2D eigenvalue weighted by atomic mass is 79.9. The van der Waals surface area contributed by atoms with Crippen LogP contribution in [0.1, 0.15) is 36.1 Å². The number of rotatable bonds is 8. The standard InChI is InChI=1S/C33H24Br4O4/c1-33(2,23-17-25(34)31(26(35)18-23)40-29(38)15-13-21-9-5-3-6-10-21)24-19-27(36)32(28(37)20-24)41-30(39)16-14-22-11-7-4-8-12-22/h3-20H,1-2H3/b15-13+,16-14+. The van der Waals surface area contributed by atoms with Crippen molar-refractivity contribution in [2.24, 2.45) is 0 Å². The van der Waals surface area contributed by atoms with Gasteiger partial charge in [-0.05, 0) is 122 Å². The van der Waals surface area contributed by atoms with Crippen LogP contribution in [0.25, 0.3) is 12.2 Å². The van der Waals surface area contributed by atoms with E-state index in [-0.39, 0.29) is 0 Å². The highest BCUT2D eigenvalue weighted by molar-refractivity contribution is 9.11. The van der Waals surface area contributed by atoms with E-state index in [1.54, 1.807) is 12.2 Å². The van der Waals surface area contributed by atoms with E-state index in [1.165, 1.54) is 12.2 Å². The van der Waals surface area contributed by atoms with Crippen LogP contribution in [0, 0.1) is 0 Å². The van der Waals surface area contributed by atoms with Gasteiger partial charge in [-0.1, -0.05) is 74.5 Å². The summed E-state index contributed by atoms with van der Waals surface area (Å²) in [7, 11) is 0. The van der Waals surface area contributed by atoms with Crippen LogP contribution in [0.3, 0.4) is 0 Å². The molecule has 4 aromatic carbocycles. The summed E-state index contributed by atoms with van der Waals surface area (Å²) in [4.78, 5) is 25.0. The number of carbonyl (C=O) groups excluding carboxylic acids is 2. The van der Waals surface area contributed by atoms with E-state index in [9.17, 15) is 9.59 Å². The Morgan fingerprint density at radius 3 is 1.22 bits per heavy atom. The van der Waals surface area contributed by atoms with Gasteiger partial charge < -0.3 is 9.47 Å². The van der Waals surface area contributed by atoms with Crippen molar-refractivity contribution in [1.29, 1.82) is 0 Å². The Morgan fingerprint density at radius 2 is 0.902 bits per heavy atom. The van der Waals surface area contributed by atoms with Gasteiger partial charge >= 0.3 is 11.9 Å². The third-order valence-corrected chi connectivity index (χ3v) is 8.62. The Balaban J connectivity index is 1.52. The van der Waals surface area contributed by atoms with Crippen molar-refractivity contribution >= 4 is 87.8 Å². The Labute approximate surface area is 273 Å². The number of ether oxygens (including phenoxy) is 2. The summed E-state index contributed by atoms with van der Waals surface area (Å²) in [6.07, 6.45) is 6.20. The molecule has 4 aromatic rings. The summed E-state index contributed by atoms with van der Waals surface area (Å²) in [5.74, 6) is -0.196. The van der Waals surface area contributed by atoms with Crippen LogP contribution in [-0.2, 0) is 15.0 Å². The molecule has 0 aliphatic carbocycles. The molecule has 208 valence electrons. The smallest absolute Gasteiger partial charge is 0.336 e. The van der Waals surface area contributed by atoms with Gasteiger partial charge in [0.15, 0.2) is 11.5 Å². The van der Waals surface area contributed by atoms with E-state index in [4.69, 9.17) is 9.47 Å². The maximum atomic E-state index is 12.5. The van der Waals surface area contributed by atoms with Crippen LogP contribution in [0.2, 0.25) is 0 Å². The van der Waals surface area contributed by atoms with E-state index in [0.717, 1.165) is 22.3 Å². The normalized spacial score (nSPS) is 11.7. The molecule has 0 aromatic heterocycles. The van der Waals surface area contributed by atoms with E-state index < -0.39 is 17.4 Å². The topological polar surface area (TPSA) is 52.6 Å². The molecule has 0 saturated heterocycles. The zero-order chi connectivity index (χ0) is 29.6. The zero-order valence-corrected chi connectivity index (χ0v) is 28.4. The van der Waals surface area contributed by atoms with Crippen molar-refractivity contribution in [2.45, 2.75) is 19.3 Å². The fraction of sp³-hybridized carbons (Fsp3) is 0.0909. The molecule has 0 aliphatic heterocycles. The first-order valence-electron chi connectivity index (χ1n) is 12.4. The van der Waals surface area contributed by atoms with E-state index >= 15 is 0 Å². The van der Waals surface area contributed by atoms with Gasteiger partial charge in [0.05, 0.1) is 17.9 Å². The third kappa shape index (κ3) is 8.16. The molecule has 0 heterocycles. The van der Waals surface area contributed by atoms with Gasteiger partial charge in [-0.2, -0.15) is 0 Å². The molecule has 0 radical (unpaired) electrons. The Kier molecular flexibility index (Phi) is 10.6. The van der Waals surface area contributed by atoms with Gasteiger partial charge in [0.2, 0.25) is 0 Å². The summed E-state index contributed by atoms with van der Waals surface area (Å²) in [6, 6.07) is 26.8. The minimum absolute atomic E-state index is 0.389. The fourth-order valence-electron chi connectivity index (χ4n) is 3.93. The first kappa shape index (κ1) is 31.2. The molecule has 0 N–H and O–H groups in total. The van der Waals surface area contributed by atoms with Crippen molar-refractivity contribution in [2.75, 3.05) is 0 Å². The minimum atomic E-state index is -0.487. The maximum Gasteiger partial charge on any atom is 0.336 e. The molecule has 8 heteroatoms. The predicted molar refractivity (Wildman–Crippen MR) is 178 cm³/mol. The van der Waals surface area contributed by atoms with Gasteiger partial charge in [-0.3, -0.25) is 0 Å². The Bertz CT molecular complexity index is 1460. The summed E-state index contributed by atoms with van der Waals surface area (Å²) >= 11 is 14.3. The molecular formula is C33H24Br4O4. The molecule has 0 bridgehead atoms. The van der Waals surface area contributed by atoms with Crippen LogP contribution in [-0.4, -0.2) is 11.9 Å². The average Bonchev–Trinajstić information content (AvgIpc) is 2.95. The van der Waals surface area contributed by atoms with Crippen LogP contribution in [0.5, 0.6) is 11.5 Å². The monoisotopic (exact) mass is 800 g/mol. The minimum Gasteiger partial charge on any atom is -0.421 e. The van der Waals surface area contributed by atoms with Gasteiger partial charge in [-0.25, -0.2) is 9.59 Å². The van der Waals surface area contributed by atoms with Crippen LogP contribution < -0.4 is 9.47 Å². The number of carbonyl (C=O) groups is 2. The van der Waals surface area contributed by atoms with Crippen LogP contribution in [0.15, 0.2) is 115 Å². The van der Waals surface area contributed by atoms with E-state index in [2.05, 4.69) is 77.6 Å². The third-order valence-electron chi connectivity index (χ3n) is 6.27. The first-order valence-corrected chi connectivity index (χ1v) is 15.6. The Morgan fingerprint density at radius 1 is 0.585 bits per heavy atom. The van der Waals surface area contributed by atoms with Gasteiger partial charge in [0, 0.05) is 17.6 Å². The first-order chi connectivity index (χ1) is 19.5. The van der Waals surface area contributed by atoms with Gasteiger partial charge in [0.25, 0.3) is 0 Å². The molecule has 0 saturated carbocycles. The summed E-state index contributed by atoms with van der Waals surface area (Å²) in [6.45, 7) is 4.16.